The number of hydrogen-bond donors (Lipinski definition) is 4. The van der Waals surface area contributed by atoms with Crippen LogP contribution >= 0.6 is 61.2 Å². The van der Waals surface area contributed by atoms with Gasteiger partial charge >= 0.3 is 0 Å². The number of benzene rings is 4. The Kier molecular flexibility index (Phi) is 21.7. The number of fused-ring (bicyclic) bond motifs is 2. The molecule has 0 saturated carbocycles. The van der Waals surface area contributed by atoms with Gasteiger partial charge in [0.05, 0.1) is 59.7 Å². The van der Waals surface area contributed by atoms with E-state index in [0.717, 1.165) is 87.6 Å². The van der Waals surface area contributed by atoms with Crippen LogP contribution in [0.2, 0.25) is 0 Å². The molecule has 5 N–H and O–H groups in total. The van der Waals surface area contributed by atoms with Gasteiger partial charge in [0.15, 0.2) is 0 Å². The summed E-state index contributed by atoms with van der Waals surface area (Å²) in [4.78, 5) is 39.1. The number of aromatic nitrogens is 6. The third-order valence-corrected chi connectivity index (χ3v) is 11.8. The topological polar surface area (TPSA) is 172 Å². The first-order valence-corrected chi connectivity index (χ1v) is 29.2. The first-order chi connectivity index (χ1) is 34.7. The second-order valence-corrected chi connectivity index (χ2v) is 17.4. The summed E-state index contributed by atoms with van der Waals surface area (Å²) in [5, 5.41) is 11.7. The molecule has 4 aromatic carbocycles. The Morgan fingerprint density at radius 2 is 1.11 bits per heavy atom. The molecule has 8 rings (SSSR count). The number of nitrogens with one attached hydrogen (secondary N) is 3. The lowest BCUT2D eigenvalue weighted by Gasteiger charge is -2.26. The molecule has 0 atom stereocenters. The molecular formula is C53H69I3N14O3. The molecule has 0 bridgehead atoms. The Balaban J connectivity index is 0.000000370. The highest BCUT2D eigenvalue weighted by atomic mass is 128. The fourth-order valence-corrected chi connectivity index (χ4v) is 8.03. The number of methoxy groups -OCH3 is 2. The lowest BCUT2D eigenvalue weighted by molar-refractivity contribution is -0.111. The summed E-state index contributed by atoms with van der Waals surface area (Å²) in [6, 6.07) is 27.8. The molecule has 0 radical (unpaired) electrons. The number of likely N-dealkylation sites (N-methyl/N-ethyl adjacent to an activating group) is 4. The molecule has 73 heavy (non-hydrogen) atoms. The smallest absolute Gasteiger partial charge is 0.247 e. The normalized spacial score (nSPS) is 10.7. The summed E-state index contributed by atoms with van der Waals surface area (Å²) in [6.07, 6.45) is 8.89. The summed E-state index contributed by atoms with van der Waals surface area (Å²) in [5.41, 5.74) is 16.8. The Bertz CT molecular complexity index is 3140. The summed E-state index contributed by atoms with van der Waals surface area (Å²) in [6.45, 7) is 6.97. The van der Waals surface area contributed by atoms with Crippen LogP contribution in [0.3, 0.4) is 0 Å². The molecule has 0 aliphatic rings. The number of amides is 1. The highest BCUT2D eigenvalue weighted by molar-refractivity contribution is 15.0. The fourth-order valence-electron chi connectivity index (χ4n) is 8.03. The van der Waals surface area contributed by atoms with Crippen molar-refractivity contribution >= 4 is 135 Å². The summed E-state index contributed by atoms with van der Waals surface area (Å²) in [5.74, 6) is 1.87. The molecular weight excluding hydrogens is 1260 g/mol. The van der Waals surface area contributed by atoms with Gasteiger partial charge in [-0.1, -0.05) is 43.0 Å². The highest BCUT2D eigenvalue weighted by Crippen LogP contribution is 2.39. The van der Waals surface area contributed by atoms with E-state index in [2.05, 4.69) is 149 Å². The molecule has 0 saturated heterocycles. The van der Waals surface area contributed by atoms with Crippen LogP contribution in [0.5, 0.6) is 11.5 Å². The first-order valence-electron chi connectivity index (χ1n) is 23.0. The van der Waals surface area contributed by atoms with Crippen LogP contribution in [-0.4, -0.2) is 127 Å². The number of aryl methyl sites for hydroxylation is 2. The largest absolute Gasteiger partial charge is 0.494 e. The predicted octanol–water partition coefficient (Wildman–Crippen LogP) is 11.4. The van der Waals surface area contributed by atoms with Crippen LogP contribution in [-0.2, 0) is 18.9 Å². The molecule has 4 aromatic heterocycles. The Hall–Kier alpha value is -5.96. The zero-order chi connectivity index (χ0) is 52.1. The van der Waals surface area contributed by atoms with E-state index in [4.69, 9.17) is 25.2 Å². The standard InChI is InChI=1S/C28H33N7O2.C25H31N7O.I2.HI.2H2/c1-7-27(36)30-22-16-23(26(37-6)17-25(22)34(4)15-14-33(2)3)32-28-29-13-12-21(31-28)20-18-35(5)24-11-9-8-10-19(20)24;1-30(2)12-13-31(3)23-15-24(33-5)21(14-19(23)26)29-25-27-11-10-20(28-25)18-16-32(4)22-9-7-6-8-17(18)22;1-2;;;/h7-13,16-18H,1,14-15H2,2-6H3,(H,30,36)(H,29,31,32);6-11,14-16H,12-13,26H2,1-5H3,(H,27,28,29);;3*1H. The Morgan fingerprint density at radius 3 is 1.56 bits per heavy atom. The summed E-state index contributed by atoms with van der Waals surface area (Å²) >= 11 is 4.24. The Labute approximate surface area is 471 Å². The van der Waals surface area contributed by atoms with Crippen molar-refractivity contribution in [2.75, 3.05) is 114 Å². The number of carbonyl (C=O) groups excluding carboxylic acids is 1. The van der Waals surface area contributed by atoms with Crippen LogP contribution in [0, 0.1) is 0 Å². The van der Waals surface area contributed by atoms with Crippen LogP contribution in [0.15, 0.2) is 122 Å². The van der Waals surface area contributed by atoms with Crippen molar-refractivity contribution in [1.29, 1.82) is 0 Å². The van der Waals surface area contributed by atoms with Gasteiger partial charge in [0.25, 0.3) is 0 Å². The molecule has 1 amide bonds. The molecule has 0 aliphatic heterocycles. The van der Waals surface area contributed by atoms with Crippen LogP contribution < -0.4 is 41.0 Å². The maximum absolute atomic E-state index is 12.2. The number of rotatable bonds is 18. The first kappa shape index (κ1) is 57.9. The minimum Gasteiger partial charge on any atom is -0.494 e. The average molecular weight is 1330 g/mol. The number of hydrogen-bond acceptors (Lipinski definition) is 14. The highest BCUT2D eigenvalue weighted by Gasteiger charge is 2.19. The predicted molar refractivity (Wildman–Crippen MR) is 335 cm³/mol. The van der Waals surface area contributed by atoms with Gasteiger partial charge in [-0.25, -0.2) is 19.9 Å². The SMILES string of the molecule is C=CC(=O)Nc1cc(Nc2nccc(-c3cn(C)c4ccccc34)n2)c(OC)cc1N(C)CCN(C)C.COc1cc(N(C)CCN(C)C)c(N)cc1Nc1nccc(-c2cn(C)c3ccccc23)n1.I.II.[HH].[HH]. The third kappa shape index (κ3) is 14.6. The van der Waals surface area contributed by atoms with Gasteiger partial charge in [0.2, 0.25) is 17.8 Å². The lowest BCUT2D eigenvalue weighted by atomic mass is 10.1. The van der Waals surface area contributed by atoms with Gasteiger partial charge in [-0.2, -0.15) is 0 Å². The molecule has 0 aliphatic carbocycles. The zero-order valence-electron chi connectivity index (χ0n) is 42.9. The van der Waals surface area contributed by atoms with Crippen molar-refractivity contribution in [3.05, 3.63) is 122 Å². The number of anilines is 8. The number of para-hydroxylation sites is 2. The van der Waals surface area contributed by atoms with Crippen LogP contribution in [0.1, 0.15) is 2.85 Å². The van der Waals surface area contributed by atoms with Crippen molar-refractivity contribution in [2.24, 2.45) is 14.1 Å². The number of nitrogen functional groups attached to an aromatic ring is 1. The van der Waals surface area contributed by atoms with E-state index in [1.54, 1.807) is 26.6 Å². The lowest BCUT2D eigenvalue weighted by Crippen LogP contribution is -2.29. The number of nitrogens with two attached hydrogens (primary N) is 1. The van der Waals surface area contributed by atoms with Gasteiger partial charge in [-0.15, -0.1) is 24.0 Å². The molecule has 20 heteroatoms. The van der Waals surface area contributed by atoms with Crippen molar-refractivity contribution in [2.45, 2.75) is 0 Å². The van der Waals surface area contributed by atoms with Crippen LogP contribution in [0.4, 0.5) is 46.0 Å². The molecule has 0 unspecified atom stereocenters. The van der Waals surface area contributed by atoms with Gasteiger partial charge in [0.1, 0.15) is 11.5 Å². The minimum absolute atomic E-state index is 0. The van der Waals surface area contributed by atoms with E-state index >= 15 is 0 Å². The Morgan fingerprint density at radius 1 is 0.671 bits per heavy atom. The van der Waals surface area contributed by atoms with Crippen molar-refractivity contribution in [3.63, 3.8) is 0 Å². The van der Waals surface area contributed by atoms with Gasteiger partial charge in [-0.3, -0.25) is 4.79 Å². The maximum Gasteiger partial charge on any atom is 0.247 e. The molecule has 0 fully saturated rings. The van der Waals surface area contributed by atoms with Crippen molar-refractivity contribution in [1.82, 2.24) is 38.9 Å². The number of halogens is 3. The van der Waals surface area contributed by atoms with Gasteiger partial charge in [0, 0.05) is 164 Å². The molecule has 8 aromatic rings. The third-order valence-electron chi connectivity index (χ3n) is 11.8. The molecule has 390 valence electrons. The molecule has 17 nitrogen and oxygen atoms in total. The summed E-state index contributed by atoms with van der Waals surface area (Å²) in [7, 11) is 19.5. The monoisotopic (exact) mass is 1330 g/mol. The number of ether oxygens (including phenoxy) is 2. The summed E-state index contributed by atoms with van der Waals surface area (Å²) < 4.78 is 15.5. The van der Waals surface area contributed by atoms with E-state index in [1.807, 2.05) is 103 Å². The van der Waals surface area contributed by atoms with E-state index < -0.39 is 0 Å². The van der Waals surface area contributed by atoms with Gasteiger partial charge < -0.3 is 59.9 Å². The van der Waals surface area contributed by atoms with Crippen molar-refractivity contribution < 1.29 is 17.1 Å². The van der Waals surface area contributed by atoms with Gasteiger partial charge in [-0.05, 0) is 70.7 Å². The maximum atomic E-state index is 12.2. The van der Waals surface area contributed by atoms with Crippen molar-refractivity contribution in [3.8, 4) is 34.0 Å². The quantitative estimate of drug-likeness (QED) is 0.0363. The molecule has 4 heterocycles. The van der Waals surface area contributed by atoms with E-state index in [9.17, 15) is 4.79 Å². The number of nitrogens with zero attached hydrogens (tertiary/aromatic N) is 10. The average Bonchev–Trinajstić information content (AvgIpc) is 3.91. The minimum atomic E-state index is -0.299. The van der Waals surface area contributed by atoms with E-state index in [1.165, 1.54) is 6.08 Å². The number of carbonyl (C=O) groups is 1. The second-order valence-electron chi connectivity index (χ2n) is 17.4. The molecule has 0 spiro atoms. The zero-order valence-corrected chi connectivity index (χ0v) is 49.6. The van der Waals surface area contributed by atoms with Crippen LogP contribution in [0.25, 0.3) is 44.3 Å². The van der Waals surface area contributed by atoms with E-state index in [-0.39, 0.29) is 32.7 Å². The second kappa shape index (κ2) is 27.4. The van der Waals surface area contributed by atoms with E-state index in [0.29, 0.717) is 40.5 Å². The fraction of sp³-hybridized carbons (Fsp3) is 0.264.